The van der Waals surface area contributed by atoms with Crippen molar-refractivity contribution in [1.29, 1.82) is 0 Å². The van der Waals surface area contributed by atoms with Gasteiger partial charge in [0.15, 0.2) is 0 Å². The van der Waals surface area contributed by atoms with E-state index in [0.29, 0.717) is 6.61 Å². The Kier molecular flexibility index (Phi) is 2.61. The summed E-state index contributed by atoms with van der Waals surface area (Å²) in [5, 5.41) is 3.28. The summed E-state index contributed by atoms with van der Waals surface area (Å²) < 4.78 is 5.62. The smallest absolute Gasteiger partial charge is 0.143 e. The monoisotopic (exact) mass is 243 g/mol. The second-order valence-corrected chi connectivity index (χ2v) is 4.76. The Labute approximate surface area is 104 Å². The standard InChI is InChI=1S/C14H13NOS/c1-2-16-12-6-3-5-10-9-11(15-14(10)12)13-7-4-8-17-13/h3-9,15H,2H2,1H3. The average Bonchev–Trinajstić information content (AvgIpc) is 2.98. The molecule has 0 fully saturated rings. The van der Waals surface area contributed by atoms with Gasteiger partial charge in [0.05, 0.1) is 22.7 Å². The molecule has 0 atom stereocenters. The molecule has 0 unspecified atom stereocenters. The first kappa shape index (κ1) is 10.4. The van der Waals surface area contributed by atoms with Crippen molar-refractivity contribution in [3.05, 3.63) is 41.8 Å². The molecular formula is C14H13NOS. The summed E-state index contributed by atoms with van der Waals surface area (Å²) in [6.45, 7) is 2.69. The zero-order valence-corrected chi connectivity index (χ0v) is 10.4. The van der Waals surface area contributed by atoms with E-state index in [1.807, 2.05) is 19.1 Å². The lowest BCUT2D eigenvalue weighted by atomic mass is 10.2. The largest absolute Gasteiger partial charge is 0.492 e. The van der Waals surface area contributed by atoms with Gasteiger partial charge in [-0.05, 0) is 30.5 Å². The highest BCUT2D eigenvalue weighted by Crippen LogP contribution is 2.31. The summed E-state index contributed by atoms with van der Waals surface area (Å²) >= 11 is 1.74. The van der Waals surface area contributed by atoms with Crippen molar-refractivity contribution in [2.45, 2.75) is 6.92 Å². The average molecular weight is 243 g/mol. The van der Waals surface area contributed by atoms with Gasteiger partial charge in [-0.3, -0.25) is 0 Å². The van der Waals surface area contributed by atoms with Crippen LogP contribution in [0.3, 0.4) is 0 Å². The van der Waals surface area contributed by atoms with Crippen LogP contribution in [0.15, 0.2) is 41.8 Å². The molecule has 3 rings (SSSR count). The van der Waals surface area contributed by atoms with Crippen LogP contribution in [0.2, 0.25) is 0 Å². The van der Waals surface area contributed by atoms with Gasteiger partial charge in [0.2, 0.25) is 0 Å². The fourth-order valence-corrected chi connectivity index (χ4v) is 2.67. The number of rotatable bonds is 3. The normalized spacial score (nSPS) is 10.9. The van der Waals surface area contributed by atoms with Crippen molar-refractivity contribution in [2.24, 2.45) is 0 Å². The molecule has 0 bridgehead atoms. The molecule has 0 aliphatic carbocycles. The van der Waals surface area contributed by atoms with E-state index in [4.69, 9.17) is 4.74 Å². The third-order valence-corrected chi connectivity index (χ3v) is 3.61. The molecule has 0 spiro atoms. The Morgan fingerprint density at radius 3 is 2.94 bits per heavy atom. The van der Waals surface area contributed by atoms with Crippen molar-refractivity contribution in [2.75, 3.05) is 6.61 Å². The van der Waals surface area contributed by atoms with Crippen LogP contribution < -0.4 is 4.74 Å². The predicted molar refractivity (Wildman–Crippen MR) is 72.8 cm³/mol. The molecule has 1 aromatic carbocycles. The summed E-state index contributed by atoms with van der Waals surface area (Å²) in [4.78, 5) is 4.69. The van der Waals surface area contributed by atoms with E-state index in [1.54, 1.807) is 11.3 Å². The summed E-state index contributed by atoms with van der Waals surface area (Å²) in [5.74, 6) is 0.924. The van der Waals surface area contributed by atoms with Gasteiger partial charge in [0, 0.05) is 5.39 Å². The number of para-hydroxylation sites is 1. The number of aromatic amines is 1. The van der Waals surface area contributed by atoms with Gasteiger partial charge in [-0.15, -0.1) is 11.3 Å². The lowest BCUT2D eigenvalue weighted by Gasteiger charge is -2.03. The maximum atomic E-state index is 5.62. The third kappa shape index (κ3) is 1.83. The molecule has 2 heterocycles. The number of aromatic nitrogens is 1. The Morgan fingerprint density at radius 1 is 1.24 bits per heavy atom. The molecule has 3 heteroatoms. The van der Waals surface area contributed by atoms with E-state index in [-0.39, 0.29) is 0 Å². The van der Waals surface area contributed by atoms with Crippen LogP contribution in [0.25, 0.3) is 21.5 Å². The van der Waals surface area contributed by atoms with E-state index >= 15 is 0 Å². The van der Waals surface area contributed by atoms with E-state index in [9.17, 15) is 0 Å². The van der Waals surface area contributed by atoms with Crippen molar-refractivity contribution >= 4 is 22.2 Å². The van der Waals surface area contributed by atoms with Gasteiger partial charge in [-0.2, -0.15) is 0 Å². The first-order chi connectivity index (χ1) is 8.38. The van der Waals surface area contributed by atoms with Gasteiger partial charge in [-0.1, -0.05) is 18.2 Å². The lowest BCUT2D eigenvalue weighted by molar-refractivity contribution is 0.344. The molecule has 0 saturated heterocycles. The number of benzene rings is 1. The zero-order chi connectivity index (χ0) is 11.7. The zero-order valence-electron chi connectivity index (χ0n) is 9.57. The fourth-order valence-electron chi connectivity index (χ4n) is 1.97. The quantitative estimate of drug-likeness (QED) is 0.729. The lowest BCUT2D eigenvalue weighted by Crippen LogP contribution is -1.91. The fraction of sp³-hybridized carbons (Fsp3) is 0.143. The molecule has 3 aromatic rings. The first-order valence-electron chi connectivity index (χ1n) is 5.67. The molecule has 17 heavy (non-hydrogen) atoms. The van der Waals surface area contributed by atoms with Crippen LogP contribution in [0.5, 0.6) is 5.75 Å². The SMILES string of the molecule is CCOc1cccc2cc(-c3cccs3)[nH]c12. The number of fused-ring (bicyclic) bond motifs is 1. The molecule has 0 aliphatic heterocycles. The number of hydrogen-bond acceptors (Lipinski definition) is 2. The van der Waals surface area contributed by atoms with Gasteiger partial charge in [0.1, 0.15) is 5.75 Å². The molecule has 0 saturated carbocycles. The van der Waals surface area contributed by atoms with Gasteiger partial charge in [0.25, 0.3) is 0 Å². The number of thiophene rings is 1. The summed E-state index contributed by atoms with van der Waals surface area (Å²) in [6.07, 6.45) is 0. The van der Waals surface area contributed by atoms with Crippen molar-refractivity contribution in [3.8, 4) is 16.3 Å². The van der Waals surface area contributed by atoms with Crippen LogP contribution in [0.1, 0.15) is 6.92 Å². The molecule has 1 N–H and O–H groups in total. The molecule has 0 radical (unpaired) electrons. The molecular weight excluding hydrogens is 230 g/mol. The highest BCUT2D eigenvalue weighted by atomic mass is 32.1. The number of H-pyrrole nitrogens is 1. The highest BCUT2D eigenvalue weighted by molar-refractivity contribution is 7.13. The van der Waals surface area contributed by atoms with Gasteiger partial charge < -0.3 is 9.72 Å². The van der Waals surface area contributed by atoms with E-state index in [0.717, 1.165) is 17.0 Å². The van der Waals surface area contributed by atoms with Gasteiger partial charge in [-0.25, -0.2) is 0 Å². The van der Waals surface area contributed by atoms with E-state index in [2.05, 4.69) is 34.6 Å². The van der Waals surface area contributed by atoms with Crippen LogP contribution in [0.4, 0.5) is 0 Å². The second kappa shape index (κ2) is 4.26. The van der Waals surface area contributed by atoms with Crippen LogP contribution in [0, 0.1) is 0 Å². The van der Waals surface area contributed by atoms with Crippen LogP contribution in [-0.2, 0) is 0 Å². The van der Waals surface area contributed by atoms with E-state index in [1.165, 1.54) is 10.3 Å². The molecule has 86 valence electrons. The Bertz CT molecular complexity index is 625. The molecule has 0 aliphatic rings. The molecule has 2 aromatic heterocycles. The second-order valence-electron chi connectivity index (χ2n) is 3.81. The number of ether oxygens (including phenoxy) is 1. The Balaban J connectivity index is 2.15. The summed E-state index contributed by atoms with van der Waals surface area (Å²) in [5.41, 5.74) is 2.24. The number of hydrogen-bond donors (Lipinski definition) is 1. The Morgan fingerprint density at radius 2 is 2.18 bits per heavy atom. The van der Waals surface area contributed by atoms with Crippen molar-refractivity contribution in [1.82, 2.24) is 4.98 Å². The highest BCUT2D eigenvalue weighted by Gasteiger charge is 2.07. The Hall–Kier alpha value is -1.74. The predicted octanol–water partition coefficient (Wildman–Crippen LogP) is 4.30. The first-order valence-corrected chi connectivity index (χ1v) is 6.55. The van der Waals surface area contributed by atoms with E-state index < -0.39 is 0 Å². The van der Waals surface area contributed by atoms with Crippen LogP contribution in [-0.4, -0.2) is 11.6 Å². The third-order valence-electron chi connectivity index (χ3n) is 2.70. The van der Waals surface area contributed by atoms with Crippen molar-refractivity contribution < 1.29 is 4.74 Å². The van der Waals surface area contributed by atoms with Crippen molar-refractivity contribution in [3.63, 3.8) is 0 Å². The van der Waals surface area contributed by atoms with Crippen LogP contribution >= 0.6 is 11.3 Å². The molecule has 2 nitrogen and oxygen atoms in total. The maximum absolute atomic E-state index is 5.62. The number of nitrogens with one attached hydrogen (secondary N) is 1. The minimum Gasteiger partial charge on any atom is -0.492 e. The summed E-state index contributed by atoms with van der Waals surface area (Å²) in [6, 6.07) is 12.5. The van der Waals surface area contributed by atoms with Gasteiger partial charge >= 0.3 is 0 Å². The summed E-state index contributed by atoms with van der Waals surface area (Å²) in [7, 11) is 0. The molecule has 0 amide bonds. The minimum atomic E-state index is 0.687. The topological polar surface area (TPSA) is 25.0 Å². The minimum absolute atomic E-state index is 0.687. The maximum Gasteiger partial charge on any atom is 0.143 e.